The van der Waals surface area contributed by atoms with Crippen molar-refractivity contribution in [3.63, 3.8) is 0 Å². The third kappa shape index (κ3) is 2.89. The molecule has 1 aromatic rings. The third-order valence-electron chi connectivity index (χ3n) is 3.15. The molecule has 19 heavy (non-hydrogen) atoms. The molecule has 1 fully saturated rings. The molecule has 0 radical (unpaired) electrons. The number of imide groups is 1. The zero-order valence-electron chi connectivity index (χ0n) is 11.1. The number of amides is 2. The van der Waals surface area contributed by atoms with Crippen molar-refractivity contribution >= 4 is 29.1 Å². The number of carbonyl (C=O) groups is 2. The molecule has 102 valence electrons. The molecule has 1 aliphatic rings. The Balaban J connectivity index is 2.12. The third-order valence-corrected chi connectivity index (χ3v) is 3.46. The van der Waals surface area contributed by atoms with Crippen molar-refractivity contribution in [3.8, 4) is 0 Å². The van der Waals surface area contributed by atoms with E-state index in [9.17, 15) is 9.59 Å². The van der Waals surface area contributed by atoms with Crippen LogP contribution in [0.5, 0.6) is 0 Å². The zero-order valence-corrected chi connectivity index (χ0v) is 11.8. The summed E-state index contributed by atoms with van der Waals surface area (Å²) in [4.78, 5) is 25.2. The number of hydrogen-bond acceptors (Lipinski definition) is 3. The van der Waals surface area contributed by atoms with Crippen molar-refractivity contribution in [2.75, 3.05) is 11.9 Å². The number of halogens is 1. The maximum atomic E-state index is 12.1. The fourth-order valence-electron chi connectivity index (χ4n) is 2.18. The smallest absolute Gasteiger partial charge is 0.252 e. The Morgan fingerprint density at radius 2 is 2.16 bits per heavy atom. The van der Waals surface area contributed by atoms with Crippen LogP contribution in [0.25, 0.3) is 0 Å². The van der Waals surface area contributed by atoms with Crippen LogP contribution < -0.4 is 5.32 Å². The Bertz CT molecular complexity index is 516. The summed E-state index contributed by atoms with van der Waals surface area (Å²) in [6.45, 7) is 4.37. The van der Waals surface area contributed by atoms with Gasteiger partial charge >= 0.3 is 0 Å². The fourth-order valence-corrected chi connectivity index (χ4v) is 2.47. The van der Waals surface area contributed by atoms with Gasteiger partial charge in [0.05, 0.1) is 17.1 Å². The predicted octanol–water partition coefficient (Wildman–Crippen LogP) is 2.60. The molecular formula is C14H17ClN2O2. The van der Waals surface area contributed by atoms with Gasteiger partial charge in [0.15, 0.2) is 0 Å². The molecule has 0 aromatic heterocycles. The van der Waals surface area contributed by atoms with Crippen LogP contribution in [0.4, 0.5) is 5.69 Å². The first-order valence-corrected chi connectivity index (χ1v) is 6.77. The van der Waals surface area contributed by atoms with E-state index < -0.39 is 6.04 Å². The van der Waals surface area contributed by atoms with Crippen LogP contribution in [-0.4, -0.2) is 29.3 Å². The lowest BCUT2D eigenvalue weighted by molar-refractivity contribution is -0.138. The number of hydrogen-bond donors (Lipinski definition) is 1. The molecule has 0 spiro atoms. The van der Waals surface area contributed by atoms with E-state index in [4.69, 9.17) is 11.6 Å². The van der Waals surface area contributed by atoms with Gasteiger partial charge in [-0.05, 0) is 31.0 Å². The summed E-state index contributed by atoms with van der Waals surface area (Å²) in [5.74, 6) is -0.281. The summed E-state index contributed by atoms with van der Waals surface area (Å²) in [5.41, 5.74) is 1.74. The van der Waals surface area contributed by atoms with E-state index in [-0.39, 0.29) is 18.2 Å². The number of benzene rings is 1. The van der Waals surface area contributed by atoms with Crippen LogP contribution in [0.2, 0.25) is 5.02 Å². The van der Waals surface area contributed by atoms with Crippen LogP contribution in [0, 0.1) is 6.92 Å². The molecule has 0 saturated carbocycles. The summed E-state index contributed by atoms with van der Waals surface area (Å²) >= 11 is 6.12. The molecule has 1 saturated heterocycles. The highest BCUT2D eigenvalue weighted by molar-refractivity contribution is 6.33. The number of anilines is 1. The van der Waals surface area contributed by atoms with Crippen LogP contribution in [-0.2, 0) is 9.59 Å². The zero-order chi connectivity index (χ0) is 14.0. The molecule has 1 atom stereocenters. The monoisotopic (exact) mass is 280 g/mol. The summed E-state index contributed by atoms with van der Waals surface area (Å²) < 4.78 is 0. The van der Waals surface area contributed by atoms with Gasteiger partial charge in [-0.2, -0.15) is 0 Å². The summed E-state index contributed by atoms with van der Waals surface area (Å²) in [5, 5.41) is 3.63. The number of nitrogens with one attached hydrogen (secondary N) is 1. The van der Waals surface area contributed by atoms with E-state index >= 15 is 0 Å². The standard InChI is InChI=1S/C14H17ClN2O2/c1-3-6-17-13(18)8-12(14(17)19)16-11-5-4-9(2)7-10(11)15/h4-5,7,12,16H,3,6,8H2,1-2H3. The first-order chi connectivity index (χ1) is 9.02. The van der Waals surface area contributed by atoms with Gasteiger partial charge in [0.1, 0.15) is 6.04 Å². The van der Waals surface area contributed by atoms with Gasteiger partial charge < -0.3 is 5.32 Å². The summed E-state index contributed by atoms with van der Waals surface area (Å²) in [6, 6.07) is 5.07. The molecule has 4 nitrogen and oxygen atoms in total. The van der Waals surface area contributed by atoms with E-state index in [2.05, 4.69) is 5.32 Å². The van der Waals surface area contributed by atoms with E-state index in [1.807, 2.05) is 32.0 Å². The second-order valence-electron chi connectivity index (χ2n) is 4.77. The van der Waals surface area contributed by atoms with Crippen LogP contribution in [0.1, 0.15) is 25.3 Å². The Hall–Kier alpha value is -1.55. The Labute approximate surface area is 117 Å². The number of carbonyl (C=O) groups excluding carboxylic acids is 2. The molecule has 5 heteroatoms. The lowest BCUT2D eigenvalue weighted by Gasteiger charge is -2.16. The minimum atomic E-state index is -0.501. The van der Waals surface area contributed by atoms with Gasteiger partial charge in [-0.1, -0.05) is 24.6 Å². The number of nitrogens with zero attached hydrogens (tertiary/aromatic N) is 1. The molecule has 1 heterocycles. The largest absolute Gasteiger partial charge is 0.372 e. The van der Waals surface area contributed by atoms with E-state index in [0.717, 1.165) is 12.0 Å². The van der Waals surface area contributed by atoms with E-state index in [1.54, 1.807) is 0 Å². The minimum absolute atomic E-state index is 0.118. The van der Waals surface area contributed by atoms with Gasteiger partial charge in [-0.25, -0.2) is 0 Å². The number of aryl methyl sites for hydroxylation is 1. The second kappa shape index (κ2) is 5.61. The molecular weight excluding hydrogens is 264 g/mol. The van der Waals surface area contributed by atoms with Crippen molar-refractivity contribution in [1.29, 1.82) is 0 Å². The Morgan fingerprint density at radius 3 is 2.79 bits per heavy atom. The lowest BCUT2D eigenvalue weighted by Crippen LogP contribution is -2.35. The molecule has 2 amide bonds. The number of likely N-dealkylation sites (tertiary alicyclic amines) is 1. The normalized spacial score (nSPS) is 19.1. The molecule has 1 unspecified atom stereocenters. The lowest BCUT2D eigenvalue weighted by atomic mass is 10.2. The fraction of sp³-hybridized carbons (Fsp3) is 0.429. The first-order valence-electron chi connectivity index (χ1n) is 6.39. The highest BCUT2D eigenvalue weighted by Crippen LogP contribution is 2.26. The Kier molecular flexibility index (Phi) is 4.10. The maximum absolute atomic E-state index is 12.1. The van der Waals surface area contributed by atoms with Crippen molar-refractivity contribution < 1.29 is 9.59 Å². The highest BCUT2D eigenvalue weighted by Gasteiger charge is 2.38. The summed E-state index contributed by atoms with van der Waals surface area (Å²) in [7, 11) is 0. The Morgan fingerprint density at radius 1 is 1.42 bits per heavy atom. The SMILES string of the molecule is CCCN1C(=O)CC(Nc2ccc(C)cc2Cl)C1=O. The first kappa shape index (κ1) is 13.9. The van der Waals surface area contributed by atoms with Crippen molar-refractivity contribution in [3.05, 3.63) is 28.8 Å². The van der Waals surface area contributed by atoms with Crippen LogP contribution >= 0.6 is 11.6 Å². The molecule has 1 aromatic carbocycles. The van der Waals surface area contributed by atoms with Crippen LogP contribution in [0.3, 0.4) is 0 Å². The van der Waals surface area contributed by atoms with Gasteiger partial charge in [0, 0.05) is 6.54 Å². The molecule has 0 aliphatic carbocycles. The average molecular weight is 281 g/mol. The molecule has 1 N–H and O–H groups in total. The van der Waals surface area contributed by atoms with E-state index in [0.29, 0.717) is 17.3 Å². The number of rotatable bonds is 4. The predicted molar refractivity (Wildman–Crippen MR) is 75.2 cm³/mol. The van der Waals surface area contributed by atoms with E-state index in [1.165, 1.54) is 4.90 Å². The van der Waals surface area contributed by atoms with Gasteiger partial charge in [-0.3, -0.25) is 14.5 Å². The van der Waals surface area contributed by atoms with Crippen molar-refractivity contribution in [2.45, 2.75) is 32.7 Å². The highest BCUT2D eigenvalue weighted by atomic mass is 35.5. The second-order valence-corrected chi connectivity index (χ2v) is 5.18. The van der Waals surface area contributed by atoms with Gasteiger partial charge in [-0.15, -0.1) is 0 Å². The van der Waals surface area contributed by atoms with Gasteiger partial charge in [0.2, 0.25) is 5.91 Å². The minimum Gasteiger partial charge on any atom is -0.372 e. The summed E-state index contributed by atoms with van der Waals surface area (Å²) in [6.07, 6.45) is 0.971. The molecule has 2 rings (SSSR count). The molecule has 0 bridgehead atoms. The van der Waals surface area contributed by atoms with Crippen molar-refractivity contribution in [2.24, 2.45) is 0 Å². The molecule has 1 aliphatic heterocycles. The quantitative estimate of drug-likeness (QED) is 0.863. The maximum Gasteiger partial charge on any atom is 0.252 e. The van der Waals surface area contributed by atoms with Crippen molar-refractivity contribution in [1.82, 2.24) is 4.90 Å². The van der Waals surface area contributed by atoms with Crippen LogP contribution in [0.15, 0.2) is 18.2 Å². The average Bonchev–Trinajstić information content (AvgIpc) is 2.61. The van der Waals surface area contributed by atoms with Gasteiger partial charge in [0.25, 0.3) is 5.91 Å². The topological polar surface area (TPSA) is 49.4 Å².